The van der Waals surface area contributed by atoms with E-state index in [-0.39, 0.29) is 5.91 Å². The summed E-state index contributed by atoms with van der Waals surface area (Å²) in [7, 11) is 0. The Morgan fingerprint density at radius 3 is 2.93 bits per heavy atom. The Balaban J connectivity index is 1.78. The van der Waals surface area contributed by atoms with E-state index in [0.29, 0.717) is 12.5 Å². The Hall–Kier alpha value is -0.610. The van der Waals surface area contributed by atoms with Crippen molar-refractivity contribution in [2.45, 2.75) is 44.6 Å². The molecule has 3 N–H and O–H groups in total. The summed E-state index contributed by atoms with van der Waals surface area (Å²) in [6, 6.07) is 0. The SMILES string of the molecule is NC(=O)CCCCNCCC1CCCO1. The van der Waals surface area contributed by atoms with E-state index in [1.807, 2.05) is 0 Å². The molecule has 1 amide bonds. The summed E-state index contributed by atoms with van der Waals surface area (Å²) in [5, 5.41) is 3.35. The first-order valence-electron chi connectivity index (χ1n) is 5.89. The standard InChI is InChI=1S/C11H22N2O2/c12-11(14)5-1-2-7-13-8-6-10-4-3-9-15-10/h10,13H,1-9H2,(H2,12,14). The molecule has 15 heavy (non-hydrogen) atoms. The highest BCUT2D eigenvalue weighted by atomic mass is 16.5. The third kappa shape index (κ3) is 6.47. The zero-order chi connectivity index (χ0) is 10.9. The molecule has 0 bridgehead atoms. The smallest absolute Gasteiger partial charge is 0.217 e. The maximum absolute atomic E-state index is 10.4. The zero-order valence-corrected chi connectivity index (χ0v) is 9.34. The molecule has 1 atom stereocenters. The second-order valence-corrected chi connectivity index (χ2v) is 4.10. The minimum absolute atomic E-state index is 0.200. The van der Waals surface area contributed by atoms with E-state index in [2.05, 4.69) is 5.32 Å². The van der Waals surface area contributed by atoms with Gasteiger partial charge in [0.05, 0.1) is 6.10 Å². The van der Waals surface area contributed by atoms with Gasteiger partial charge in [-0.25, -0.2) is 0 Å². The molecule has 0 spiro atoms. The van der Waals surface area contributed by atoms with Crippen LogP contribution in [-0.2, 0) is 9.53 Å². The second kappa shape index (κ2) is 7.65. The predicted octanol–water partition coefficient (Wildman–Crippen LogP) is 0.801. The van der Waals surface area contributed by atoms with Crippen LogP contribution < -0.4 is 11.1 Å². The molecule has 1 aliphatic rings. The fourth-order valence-electron chi connectivity index (χ4n) is 1.81. The molecule has 0 aromatic rings. The van der Waals surface area contributed by atoms with Crippen LogP contribution in [-0.4, -0.2) is 31.7 Å². The van der Waals surface area contributed by atoms with E-state index in [4.69, 9.17) is 10.5 Å². The normalized spacial score (nSPS) is 20.7. The van der Waals surface area contributed by atoms with Gasteiger partial charge < -0.3 is 15.8 Å². The van der Waals surface area contributed by atoms with Crippen molar-refractivity contribution >= 4 is 5.91 Å². The summed E-state index contributed by atoms with van der Waals surface area (Å²) < 4.78 is 5.51. The number of ether oxygens (including phenoxy) is 1. The number of unbranched alkanes of at least 4 members (excludes halogenated alkanes) is 1. The molecule has 1 rings (SSSR count). The first-order chi connectivity index (χ1) is 7.29. The van der Waals surface area contributed by atoms with Crippen LogP contribution in [0.25, 0.3) is 0 Å². The molecule has 1 fully saturated rings. The first kappa shape index (κ1) is 12.5. The van der Waals surface area contributed by atoms with Crippen molar-refractivity contribution in [3.05, 3.63) is 0 Å². The average molecular weight is 214 g/mol. The molecule has 0 saturated carbocycles. The Labute approximate surface area is 91.5 Å². The number of hydrogen-bond donors (Lipinski definition) is 2. The molecule has 1 saturated heterocycles. The molecule has 4 heteroatoms. The van der Waals surface area contributed by atoms with E-state index in [9.17, 15) is 4.79 Å². The number of amides is 1. The largest absolute Gasteiger partial charge is 0.378 e. The van der Waals surface area contributed by atoms with Crippen LogP contribution in [0.5, 0.6) is 0 Å². The molecule has 0 radical (unpaired) electrons. The molecular weight excluding hydrogens is 192 g/mol. The molecule has 0 aromatic carbocycles. The minimum Gasteiger partial charge on any atom is -0.378 e. The van der Waals surface area contributed by atoms with Crippen molar-refractivity contribution in [3.8, 4) is 0 Å². The number of rotatable bonds is 8. The van der Waals surface area contributed by atoms with Gasteiger partial charge in [-0.15, -0.1) is 0 Å². The van der Waals surface area contributed by atoms with Gasteiger partial charge in [0.2, 0.25) is 5.91 Å². The lowest BCUT2D eigenvalue weighted by Gasteiger charge is -2.09. The van der Waals surface area contributed by atoms with Crippen molar-refractivity contribution in [2.75, 3.05) is 19.7 Å². The third-order valence-electron chi connectivity index (χ3n) is 2.69. The van der Waals surface area contributed by atoms with Crippen molar-refractivity contribution in [2.24, 2.45) is 5.73 Å². The van der Waals surface area contributed by atoms with E-state index < -0.39 is 0 Å². The molecule has 1 unspecified atom stereocenters. The number of carbonyl (C=O) groups is 1. The molecule has 1 aliphatic heterocycles. The van der Waals surface area contributed by atoms with Crippen LogP contribution in [0.3, 0.4) is 0 Å². The van der Waals surface area contributed by atoms with E-state index in [0.717, 1.165) is 39.0 Å². The predicted molar refractivity (Wildman–Crippen MR) is 59.5 cm³/mol. The van der Waals surface area contributed by atoms with Gasteiger partial charge in [0.25, 0.3) is 0 Å². The fraction of sp³-hybridized carbons (Fsp3) is 0.909. The highest BCUT2D eigenvalue weighted by Gasteiger charge is 2.13. The van der Waals surface area contributed by atoms with Gasteiger partial charge in [-0.2, -0.15) is 0 Å². The highest BCUT2D eigenvalue weighted by Crippen LogP contribution is 2.14. The van der Waals surface area contributed by atoms with Crippen molar-refractivity contribution in [1.29, 1.82) is 0 Å². The summed E-state index contributed by atoms with van der Waals surface area (Å²) in [6.07, 6.45) is 6.43. The van der Waals surface area contributed by atoms with Gasteiger partial charge in [-0.1, -0.05) is 0 Å². The summed E-state index contributed by atoms with van der Waals surface area (Å²) in [5.41, 5.74) is 5.04. The molecule has 1 heterocycles. The van der Waals surface area contributed by atoms with Crippen LogP contribution >= 0.6 is 0 Å². The summed E-state index contributed by atoms with van der Waals surface area (Å²) in [5.74, 6) is -0.200. The van der Waals surface area contributed by atoms with E-state index in [1.54, 1.807) is 0 Å². The van der Waals surface area contributed by atoms with Crippen LogP contribution in [0.15, 0.2) is 0 Å². The van der Waals surface area contributed by atoms with Gasteiger partial charge in [0, 0.05) is 13.0 Å². The monoisotopic (exact) mass is 214 g/mol. The van der Waals surface area contributed by atoms with Gasteiger partial charge in [0.15, 0.2) is 0 Å². The van der Waals surface area contributed by atoms with Crippen molar-refractivity contribution in [3.63, 3.8) is 0 Å². The van der Waals surface area contributed by atoms with Crippen LogP contribution in [0, 0.1) is 0 Å². The van der Waals surface area contributed by atoms with E-state index >= 15 is 0 Å². The van der Waals surface area contributed by atoms with Crippen molar-refractivity contribution < 1.29 is 9.53 Å². The lowest BCUT2D eigenvalue weighted by Crippen LogP contribution is -2.21. The average Bonchev–Trinajstić information content (AvgIpc) is 2.68. The maximum Gasteiger partial charge on any atom is 0.217 e. The second-order valence-electron chi connectivity index (χ2n) is 4.10. The Bertz CT molecular complexity index is 179. The van der Waals surface area contributed by atoms with Gasteiger partial charge in [0.1, 0.15) is 0 Å². The third-order valence-corrected chi connectivity index (χ3v) is 2.69. The number of primary amides is 1. The molecule has 88 valence electrons. The highest BCUT2D eigenvalue weighted by molar-refractivity contribution is 5.73. The maximum atomic E-state index is 10.4. The number of carbonyl (C=O) groups excluding carboxylic acids is 1. The Morgan fingerprint density at radius 1 is 1.40 bits per heavy atom. The Kier molecular flexibility index (Phi) is 6.36. The molecule has 0 aliphatic carbocycles. The number of nitrogens with one attached hydrogen (secondary N) is 1. The van der Waals surface area contributed by atoms with Gasteiger partial charge >= 0.3 is 0 Å². The lowest BCUT2D eigenvalue weighted by molar-refractivity contribution is -0.118. The summed E-state index contributed by atoms with van der Waals surface area (Å²) >= 11 is 0. The fourth-order valence-corrected chi connectivity index (χ4v) is 1.81. The number of hydrogen-bond acceptors (Lipinski definition) is 3. The zero-order valence-electron chi connectivity index (χ0n) is 9.34. The first-order valence-corrected chi connectivity index (χ1v) is 5.89. The number of nitrogens with two attached hydrogens (primary N) is 1. The molecule has 0 aromatic heterocycles. The molecular formula is C11H22N2O2. The van der Waals surface area contributed by atoms with Crippen LogP contribution in [0.4, 0.5) is 0 Å². The van der Waals surface area contributed by atoms with E-state index in [1.165, 1.54) is 12.8 Å². The molecule has 4 nitrogen and oxygen atoms in total. The van der Waals surface area contributed by atoms with Crippen LogP contribution in [0.1, 0.15) is 38.5 Å². The lowest BCUT2D eigenvalue weighted by atomic mass is 10.2. The topological polar surface area (TPSA) is 64.4 Å². The van der Waals surface area contributed by atoms with Crippen molar-refractivity contribution in [1.82, 2.24) is 5.32 Å². The minimum atomic E-state index is -0.200. The van der Waals surface area contributed by atoms with Gasteiger partial charge in [-0.3, -0.25) is 4.79 Å². The quantitative estimate of drug-likeness (QED) is 0.587. The van der Waals surface area contributed by atoms with Crippen LogP contribution in [0.2, 0.25) is 0 Å². The summed E-state index contributed by atoms with van der Waals surface area (Å²) in [4.78, 5) is 10.4. The van der Waals surface area contributed by atoms with Gasteiger partial charge in [-0.05, 0) is 45.2 Å². The summed E-state index contributed by atoms with van der Waals surface area (Å²) in [6.45, 7) is 2.92. The Morgan fingerprint density at radius 2 is 2.27 bits per heavy atom.